The quantitative estimate of drug-likeness (QED) is 0.515. The highest BCUT2D eigenvalue weighted by atomic mass is 15.2. The number of rotatable bonds is 5. The average Bonchev–Trinajstić information content (AvgIpc) is 2.75. The Morgan fingerprint density at radius 2 is 1.41 bits per heavy atom. The largest absolute Gasteiger partial charge is 0.355 e. The Hall–Kier alpha value is -3.53. The van der Waals surface area contributed by atoms with E-state index in [9.17, 15) is 0 Å². The van der Waals surface area contributed by atoms with Crippen molar-refractivity contribution in [1.82, 2.24) is 15.0 Å². The number of hydrogen-bond acceptors (Lipinski definition) is 4. The topological polar surface area (TPSA) is 41.9 Å². The number of anilines is 1. The predicted octanol–water partition coefficient (Wildman–Crippen LogP) is 4.84. The van der Waals surface area contributed by atoms with Crippen molar-refractivity contribution < 1.29 is 0 Å². The average molecular weight is 352 g/mol. The lowest BCUT2D eigenvalue weighted by Gasteiger charge is -2.20. The van der Waals surface area contributed by atoms with Gasteiger partial charge in [-0.2, -0.15) is 0 Å². The molecule has 0 fully saturated rings. The fourth-order valence-corrected chi connectivity index (χ4v) is 2.96. The van der Waals surface area contributed by atoms with Gasteiger partial charge in [0.15, 0.2) is 5.82 Å². The second-order valence-electron chi connectivity index (χ2n) is 6.38. The first-order valence-electron chi connectivity index (χ1n) is 8.89. The van der Waals surface area contributed by atoms with Gasteiger partial charge in [-0.05, 0) is 17.7 Å². The first-order valence-corrected chi connectivity index (χ1v) is 8.89. The van der Waals surface area contributed by atoms with E-state index in [1.807, 2.05) is 54.6 Å². The second kappa shape index (κ2) is 7.79. The van der Waals surface area contributed by atoms with Gasteiger partial charge in [0.2, 0.25) is 0 Å². The summed E-state index contributed by atoms with van der Waals surface area (Å²) >= 11 is 0. The minimum Gasteiger partial charge on any atom is -0.355 e. The maximum atomic E-state index is 4.82. The van der Waals surface area contributed by atoms with Crippen molar-refractivity contribution >= 4 is 5.82 Å². The minimum absolute atomic E-state index is 0.722. The maximum absolute atomic E-state index is 4.82. The van der Waals surface area contributed by atoms with Crippen LogP contribution in [0.3, 0.4) is 0 Å². The summed E-state index contributed by atoms with van der Waals surface area (Å²) in [5.74, 6) is 1.61. The molecule has 0 spiro atoms. The van der Waals surface area contributed by atoms with Crippen LogP contribution in [0, 0.1) is 0 Å². The lowest BCUT2D eigenvalue weighted by atomic mass is 10.1. The second-order valence-corrected chi connectivity index (χ2v) is 6.38. The van der Waals surface area contributed by atoms with Crippen LogP contribution in [0.5, 0.6) is 0 Å². The van der Waals surface area contributed by atoms with Crippen molar-refractivity contribution in [2.75, 3.05) is 11.9 Å². The monoisotopic (exact) mass is 352 g/mol. The van der Waals surface area contributed by atoms with Gasteiger partial charge >= 0.3 is 0 Å². The highest BCUT2D eigenvalue weighted by Crippen LogP contribution is 2.26. The minimum atomic E-state index is 0.722. The van der Waals surface area contributed by atoms with Gasteiger partial charge in [-0.1, -0.05) is 60.7 Å². The zero-order valence-electron chi connectivity index (χ0n) is 15.2. The van der Waals surface area contributed by atoms with Gasteiger partial charge in [0, 0.05) is 43.2 Å². The molecular weight excluding hydrogens is 332 g/mol. The fraction of sp³-hybridized carbons (Fsp3) is 0.0870. The third-order valence-electron chi connectivity index (χ3n) is 4.37. The normalized spacial score (nSPS) is 10.6. The molecule has 27 heavy (non-hydrogen) atoms. The first-order chi connectivity index (χ1) is 13.3. The van der Waals surface area contributed by atoms with E-state index in [2.05, 4.69) is 41.2 Å². The van der Waals surface area contributed by atoms with E-state index in [1.54, 1.807) is 12.4 Å². The Labute approximate surface area is 159 Å². The third kappa shape index (κ3) is 4.01. The standard InChI is InChI=1S/C23H20N4/c1-27(17-18-8-4-2-5-9-18)22-16-21(19-12-14-24-15-13-19)25-23(26-22)20-10-6-3-7-11-20/h2-16H,17H2,1H3. The molecule has 4 rings (SSSR count). The number of aromatic nitrogens is 3. The van der Waals surface area contributed by atoms with Crippen LogP contribution in [0.2, 0.25) is 0 Å². The van der Waals surface area contributed by atoms with Crippen molar-refractivity contribution in [3.05, 3.63) is 96.8 Å². The molecule has 132 valence electrons. The van der Waals surface area contributed by atoms with Crippen molar-refractivity contribution in [3.8, 4) is 22.6 Å². The molecule has 0 amide bonds. The molecule has 0 N–H and O–H groups in total. The molecule has 0 aliphatic heterocycles. The van der Waals surface area contributed by atoms with Gasteiger partial charge in [-0.3, -0.25) is 4.98 Å². The molecule has 4 aromatic rings. The lowest BCUT2D eigenvalue weighted by Crippen LogP contribution is -2.18. The molecule has 0 unspecified atom stereocenters. The maximum Gasteiger partial charge on any atom is 0.162 e. The Morgan fingerprint density at radius 1 is 0.741 bits per heavy atom. The summed E-state index contributed by atoms with van der Waals surface area (Å²) in [5.41, 5.74) is 4.16. The Morgan fingerprint density at radius 3 is 2.11 bits per heavy atom. The van der Waals surface area contributed by atoms with Gasteiger partial charge < -0.3 is 4.90 Å². The van der Waals surface area contributed by atoms with E-state index in [4.69, 9.17) is 9.97 Å². The van der Waals surface area contributed by atoms with Crippen LogP contribution >= 0.6 is 0 Å². The summed E-state index contributed by atoms with van der Waals surface area (Å²) in [6.07, 6.45) is 3.57. The van der Waals surface area contributed by atoms with Gasteiger partial charge in [-0.25, -0.2) is 9.97 Å². The van der Waals surface area contributed by atoms with Crippen LogP contribution in [0.4, 0.5) is 5.82 Å². The molecule has 0 radical (unpaired) electrons. The third-order valence-corrected chi connectivity index (χ3v) is 4.37. The molecule has 0 atom stereocenters. The molecule has 0 aliphatic carbocycles. The van der Waals surface area contributed by atoms with Crippen LogP contribution < -0.4 is 4.90 Å². The summed E-state index contributed by atoms with van der Waals surface area (Å²) in [6.45, 7) is 0.780. The molecule has 2 aromatic heterocycles. The zero-order chi connectivity index (χ0) is 18.5. The molecule has 4 nitrogen and oxygen atoms in total. The molecule has 0 bridgehead atoms. The molecule has 2 aromatic carbocycles. The van der Waals surface area contributed by atoms with Gasteiger partial charge in [0.05, 0.1) is 5.69 Å². The van der Waals surface area contributed by atoms with Crippen LogP contribution in [0.1, 0.15) is 5.56 Å². The molecule has 4 heteroatoms. The molecule has 0 saturated heterocycles. The van der Waals surface area contributed by atoms with Gasteiger partial charge in [0.1, 0.15) is 5.82 Å². The van der Waals surface area contributed by atoms with Crippen molar-refractivity contribution in [2.45, 2.75) is 6.54 Å². The molecular formula is C23H20N4. The summed E-state index contributed by atoms with van der Waals surface area (Å²) in [6, 6.07) is 26.4. The highest BCUT2D eigenvalue weighted by molar-refractivity contribution is 5.67. The molecule has 0 aliphatic rings. The fourth-order valence-electron chi connectivity index (χ4n) is 2.96. The van der Waals surface area contributed by atoms with E-state index in [0.717, 1.165) is 35.0 Å². The van der Waals surface area contributed by atoms with Crippen molar-refractivity contribution in [1.29, 1.82) is 0 Å². The predicted molar refractivity (Wildman–Crippen MR) is 109 cm³/mol. The van der Waals surface area contributed by atoms with Crippen molar-refractivity contribution in [3.63, 3.8) is 0 Å². The summed E-state index contributed by atoms with van der Waals surface area (Å²) in [7, 11) is 2.06. The number of pyridine rings is 1. The smallest absolute Gasteiger partial charge is 0.162 e. The Balaban J connectivity index is 1.76. The zero-order valence-corrected chi connectivity index (χ0v) is 15.2. The van der Waals surface area contributed by atoms with Crippen LogP contribution in [0.25, 0.3) is 22.6 Å². The van der Waals surface area contributed by atoms with Gasteiger partial charge in [0.25, 0.3) is 0 Å². The van der Waals surface area contributed by atoms with E-state index < -0.39 is 0 Å². The summed E-state index contributed by atoms with van der Waals surface area (Å²) < 4.78 is 0. The SMILES string of the molecule is CN(Cc1ccccc1)c1cc(-c2ccncc2)nc(-c2ccccc2)n1. The summed E-state index contributed by atoms with van der Waals surface area (Å²) in [5, 5.41) is 0. The number of benzene rings is 2. The summed E-state index contributed by atoms with van der Waals surface area (Å²) in [4.78, 5) is 15.9. The Kier molecular flexibility index (Phi) is 4.88. The van der Waals surface area contributed by atoms with Crippen LogP contribution in [-0.4, -0.2) is 22.0 Å². The number of hydrogen-bond donors (Lipinski definition) is 0. The van der Waals surface area contributed by atoms with E-state index >= 15 is 0 Å². The van der Waals surface area contributed by atoms with E-state index in [0.29, 0.717) is 0 Å². The molecule has 2 heterocycles. The van der Waals surface area contributed by atoms with Crippen LogP contribution in [0.15, 0.2) is 91.3 Å². The highest BCUT2D eigenvalue weighted by Gasteiger charge is 2.12. The Bertz CT molecular complexity index is 944. The van der Waals surface area contributed by atoms with E-state index in [1.165, 1.54) is 5.56 Å². The first kappa shape index (κ1) is 16.9. The number of nitrogens with zero attached hydrogens (tertiary/aromatic N) is 4. The lowest BCUT2D eigenvalue weighted by molar-refractivity contribution is 0.893. The van der Waals surface area contributed by atoms with Crippen molar-refractivity contribution in [2.24, 2.45) is 0 Å². The van der Waals surface area contributed by atoms with E-state index in [-0.39, 0.29) is 0 Å². The van der Waals surface area contributed by atoms with Gasteiger partial charge in [-0.15, -0.1) is 0 Å². The van der Waals surface area contributed by atoms with Crippen LogP contribution in [-0.2, 0) is 6.54 Å². The molecule has 0 saturated carbocycles.